The Bertz CT molecular complexity index is 1160. The van der Waals surface area contributed by atoms with E-state index in [-0.39, 0.29) is 23.4 Å². The maximum absolute atomic E-state index is 14.4. The molecule has 0 unspecified atom stereocenters. The van der Waals surface area contributed by atoms with Gasteiger partial charge in [-0.05, 0) is 26.8 Å². The number of carbonyl (C=O) groups is 3. The Morgan fingerprint density at radius 3 is 2.32 bits per heavy atom. The van der Waals surface area contributed by atoms with Gasteiger partial charge in [-0.2, -0.15) is 13.2 Å². The van der Waals surface area contributed by atoms with Crippen LogP contribution < -0.4 is 0 Å². The molecule has 2 aliphatic carbocycles. The van der Waals surface area contributed by atoms with Crippen molar-refractivity contribution in [2.45, 2.75) is 51.2 Å². The highest BCUT2D eigenvalue weighted by Crippen LogP contribution is 2.48. The number of rotatable bonds is 4. The van der Waals surface area contributed by atoms with Crippen molar-refractivity contribution in [3.05, 3.63) is 69.8 Å². The normalized spacial score (nSPS) is 26.4. The smallest absolute Gasteiger partial charge is 0.432 e. The molecule has 0 N–H and O–H groups in total. The molecule has 9 heteroatoms. The molecule has 0 spiro atoms. The fraction of sp³-hybridized carbons (Fsp3) is 0.400. The summed E-state index contributed by atoms with van der Waals surface area (Å²) in [6.45, 7) is 4.82. The predicted molar refractivity (Wildman–Crippen MR) is 113 cm³/mol. The van der Waals surface area contributed by atoms with Crippen LogP contribution in [0.5, 0.6) is 0 Å². The molecule has 4 rings (SSSR count). The summed E-state index contributed by atoms with van der Waals surface area (Å²) >= 11 is 0. The van der Waals surface area contributed by atoms with Crippen LogP contribution in [0.3, 0.4) is 0 Å². The van der Waals surface area contributed by atoms with Gasteiger partial charge in [-0.15, -0.1) is 0 Å². The summed E-state index contributed by atoms with van der Waals surface area (Å²) in [4.78, 5) is 38.5. The molecule has 1 aliphatic heterocycles. The molecule has 3 aliphatic rings. The van der Waals surface area contributed by atoms with Crippen molar-refractivity contribution in [3.8, 4) is 0 Å². The van der Waals surface area contributed by atoms with E-state index >= 15 is 0 Å². The minimum Gasteiger partial charge on any atom is -0.454 e. The van der Waals surface area contributed by atoms with Gasteiger partial charge in [0.05, 0.1) is 5.92 Å². The second kappa shape index (κ2) is 8.23. The SMILES string of the molecule is CO[C@](C(=O)O[C@@H]1C2=C(C)C(=O)O[C@@H]2CC(C)=C2C(=O)C=C(C)[C@H]21)(c1ccccc1)C(F)(F)F. The van der Waals surface area contributed by atoms with Crippen molar-refractivity contribution in [2.75, 3.05) is 7.11 Å². The third kappa shape index (κ3) is 3.41. The molecule has 4 atom stereocenters. The average Bonchev–Trinajstić information content (AvgIpc) is 3.16. The van der Waals surface area contributed by atoms with Gasteiger partial charge in [-0.1, -0.05) is 41.5 Å². The van der Waals surface area contributed by atoms with E-state index < -0.39 is 47.4 Å². The zero-order valence-corrected chi connectivity index (χ0v) is 19.0. The Morgan fingerprint density at radius 2 is 1.74 bits per heavy atom. The molecule has 0 amide bonds. The van der Waals surface area contributed by atoms with E-state index in [1.807, 2.05) is 0 Å². The van der Waals surface area contributed by atoms with Gasteiger partial charge < -0.3 is 14.2 Å². The summed E-state index contributed by atoms with van der Waals surface area (Å²) < 4.78 is 59.2. The minimum absolute atomic E-state index is 0.152. The summed E-state index contributed by atoms with van der Waals surface area (Å²) in [6.07, 6.45) is -5.80. The molecule has 0 aromatic heterocycles. The van der Waals surface area contributed by atoms with Crippen LogP contribution in [0.25, 0.3) is 0 Å². The van der Waals surface area contributed by atoms with Crippen molar-refractivity contribution in [1.29, 1.82) is 0 Å². The van der Waals surface area contributed by atoms with Crippen molar-refractivity contribution < 1.29 is 41.8 Å². The Balaban J connectivity index is 1.87. The van der Waals surface area contributed by atoms with Gasteiger partial charge in [0.25, 0.3) is 5.60 Å². The van der Waals surface area contributed by atoms with Crippen LogP contribution in [0.1, 0.15) is 32.8 Å². The van der Waals surface area contributed by atoms with Crippen molar-refractivity contribution in [2.24, 2.45) is 5.92 Å². The number of methoxy groups -OCH3 is 1. The summed E-state index contributed by atoms with van der Waals surface area (Å²) in [7, 11) is 0.782. The van der Waals surface area contributed by atoms with Gasteiger partial charge in [0.15, 0.2) is 5.78 Å². The van der Waals surface area contributed by atoms with Gasteiger partial charge in [-0.25, -0.2) is 9.59 Å². The van der Waals surface area contributed by atoms with E-state index in [0.29, 0.717) is 16.7 Å². The number of halogens is 3. The number of alkyl halides is 3. The number of fused-ring (bicyclic) bond motifs is 2. The van der Waals surface area contributed by atoms with Crippen LogP contribution in [0.4, 0.5) is 13.2 Å². The fourth-order valence-electron chi connectivity index (χ4n) is 5.09. The lowest BCUT2D eigenvalue weighted by Crippen LogP contribution is -2.53. The van der Waals surface area contributed by atoms with Crippen LogP contribution in [0.15, 0.2) is 64.3 Å². The maximum Gasteiger partial charge on any atom is 0.432 e. The van der Waals surface area contributed by atoms with Crippen LogP contribution in [0.2, 0.25) is 0 Å². The second-order valence-corrected chi connectivity index (χ2v) is 8.68. The van der Waals surface area contributed by atoms with Crippen molar-refractivity contribution in [1.82, 2.24) is 0 Å². The number of ketones is 1. The number of esters is 2. The Kier molecular flexibility index (Phi) is 5.80. The first-order valence-corrected chi connectivity index (χ1v) is 10.7. The molecule has 0 fully saturated rings. The highest BCUT2D eigenvalue weighted by atomic mass is 19.4. The predicted octanol–water partition coefficient (Wildman–Crippen LogP) is 4.11. The molecule has 1 aromatic rings. The molecule has 0 saturated carbocycles. The number of hydrogen-bond donors (Lipinski definition) is 0. The van der Waals surface area contributed by atoms with Crippen LogP contribution in [-0.2, 0) is 34.2 Å². The molecule has 0 bridgehead atoms. The lowest BCUT2D eigenvalue weighted by molar-refractivity contribution is -0.278. The number of allylic oxidation sites excluding steroid dienone is 1. The molecule has 0 saturated heterocycles. The third-order valence-corrected chi connectivity index (χ3v) is 6.73. The minimum atomic E-state index is -5.17. The van der Waals surface area contributed by atoms with Gasteiger partial charge in [-0.3, -0.25) is 4.79 Å². The van der Waals surface area contributed by atoms with Gasteiger partial charge in [0.1, 0.15) is 12.2 Å². The first-order valence-electron chi connectivity index (χ1n) is 10.7. The van der Waals surface area contributed by atoms with Crippen LogP contribution in [-0.4, -0.2) is 43.2 Å². The summed E-state index contributed by atoms with van der Waals surface area (Å²) in [6, 6.07) is 6.47. The fourth-order valence-corrected chi connectivity index (χ4v) is 5.09. The van der Waals surface area contributed by atoms with E-state index in [9.17, 15) is 27.6 Å². The Morgan fingerprint density at radius 1 is 1.09 bits per heavy atom. The lowest BCUT2D eigenvalue weighted by atomic mass is 9.85. The molecule has 1 heterocycles. The largest absolute Gasteiger partial charge is 0.454 e. The monoisotopic (exact) mass is 476 g/mol. The summed E-state index contributed by atoms with van der Waals surface area (Å²) in [5, 5.41) is 0. The van der Waals surface area contributed by atoms with E-state index in [1.54, 1.807) is 13.8 Å². The maximum atomic E-state index is 14.4. The molecule has 0 radical (unpaired) electrons. The van der Waals surface area contributed by atoms with Crippen molar-refractivity contribution >= 4 is 17.7 Å². The number of benzene rings is 1. The lowest BCUT2D eigenvalue weighted by Gasteiger charge is -2.35. The zero-order chi connectivity index (χ0) is 25.0. The Labute approximate surface area is 194 Å². The van der Waals surface area contributed by atoms with Gasteiger partial charge in [0, 0.05) is 35.8 Å². The van der Waals surface area contributed by atoms with E-state index in [4.69, 9.17) is 14.2 Å². The van der Waals surface area contributed by atoms with E-state index in [0.717, 1.165) is 19.2 Å². The molecule has 6 nitrogen and oxygen atoms in total. The molecular formula is C25H23F3O6. The molecule has 180 valence electrons. The van der Waals surface area contributed by atoms with E-state index in [1.165, 1.54) is 31.2 Å². The molecule has 1 aromatic carbocycles. The number of hydrogen-bond acceptors (Lipinski definition) is 6. The number of ether oxygens (including phenoxy) is 3. The van der Waals surface area contributed by atoms with Gasteiger partial charge >= 0.3 is 18.1 Å². The highest BCUT2D eigenvalue weighted by molar-refractivity contribution is 6.09. The van der Waals surface area contributed by atoms with Crippen LogP contribution >= 0.6 is 0 Å². The number of carbonyl (C=O) groups excluding carboxylic acids is 3. The van der Waals surface area contributed by atoms with Crippen LogP contribution in [0, 0.1) is 5.92 Å². The second-order valence-electron chi connectivity index (χ2n) is 8.68. The first kappa shape index (κ1) is 23.9. The third-order valence-electron chi connectivity index (χ3n) is 6.73. The summed E-state index contributed by atoms with van der Waals surface area (Å²) in [5.74, 6) is -3.47. The van der Waals surface area contributed by atoms with Gasteiger partial charge in [0.2, 0.25) is 0 Å². The average molecular weight is 476 g/mol. The zero-order valence-electron chi connectivity index (χ0n) is 19.0. The Hall–Kier alpha value is -3.20. The van der Waals surface area contributed by atoms with E-state index in [2.05, 4.69) is 0 Å². The van der Waals surface area contributed by atoms with Crippen molar-refractivity contribution in [3.63, 3.8) is 0 Å². The molecular weight excluding hydrogens is 453 g/mol. The highest BCUT2D eigenvalue weighted by Gasteiger charge is 2.65. The topological polar surface area (TPSA) is 78.9 Å². The first-order chi connectivity index (χ1) is 15.9. The standard InChI is InChI=1S/C25H23F3O6/c1-12-10-16(29)18-13(2)11-17-20(14(3)22(30)33-17)21(19(12)18)34-23(31)24(32-4,25(26,27)28)15-8-6-5-7-9-15/h5-10,17,19,21H,11H2,1-4H3/t17-,19-,21+,24+/m1/s1. The molecule has 34 heavy (non-hydrogen) atoms. The summed E-state index contributed by atoms with van der Waals surface area (Å²) in [5.41, 5.74) is -1.95. The quantitative estimate of drug-likeness (QED) is 0.609.